The van der Waals surface area contributed by atoms with E-state index in [9.17, 15) is 0 Å². The Kier molecular flexibility index (Phi) is 4.07. The van der Waals surface area contributed by atoms with Crippen molar-refractivity contribution in [2.75, 3.05) is 6.54 Å². The van der Waals surface area contributed by atoms with Crippen LogP contribution in [0.1, 0.15) is 11.4 Å². The smallest absolute Gasteiger partial charge is 0.0921 e. The number of imidazole rings is 1. The summed E-state index contributed by atoms with van der Waals surface area (Å²) in [6.45, 7) is 1.71. The van der Waals surface area contributed by atoms with Crippen molar-refractivity contribution in [3.05, 3.63) is 46.7 Å². The highest BCUT2D eigenvalue weighted by Crippen LogP contribution is 2.06. The maximum atomic E-state index is 4.28. The highest BCUT2D eigenvalue weighted by atomic mass is 79.9. The normalized spacial score (nSPS) is 10.6. The van der Waals surface area contributed by atoms with Crippen LogP contribution in [-0.4, -0.2) is 21.5 Å². The zero-order chi connectivity index (χ0) is 11.2. The van der Waals surface area contributed by atoms with E-state index in [-0.39, 0.29) is 0 Å². The third-order valence-corrected chi connectivity index (χ3v) is 2.69. The van der Waals surface area contributed by atoms with Crippen molar-refractivity contribution < 1.29 is 0 Å². The summed E-state index contributed by atoms with van der Waals surface area (Å²) in [5.41, 5.74) is 2.20. The second-order valence-corrected chi connectivity index (χ2v) is 4.39. The summed E-state index contributed by atoms with van der Waals surface area (Å²) in [5, 5.41) is 3.33. The molecule has 0 atom stereocenters. The van der Waals surface area contributed by atoms with Gasteiger partial charge in [0.15, 0.2) is 0 Å². The number of halogens is 1. The number of pyridine rings is 1. The van der Waals surface area contributed by atoms with E-state index in [2.05, 4.69) is 36.2 Å². The lowest BCUT2D eigenvalue weighted by molar-refractivity contribution is 0.669. The van der Waals surface area contributed by atoms with E-state index < -0.39 is 0 Å². The zero-order valence-electron chi connectivity index (χ0n) is 8.78. The Morgan fingerprint density at radius 1 is 1.31 bits per heavy atom. The molecule has 2 rings (SSSR count). The summed E-state index contributed by atoms with van der Waals surface area (Å²) < 4.78 is 1.01. The van der Waals surface area contributed by atoms with E-state index in [1.54, 1.807) is 6.33 Å². The van der Waals surface area contributed by atoms with E-state index in [4.69, 9.17) is 0 Å². The molecule has 0 fully saturated rings. The van der Waals surface area contributed by atoms with E-state index in [1.165, 1.54) is 0 Å². The number of nitrogens with one attached hydrogen (secondary N) is 2. The lowest BCUT2D eigenvalue weighted by Gasteiger charge is -2.03. The number of hydrogen-bond acceptors (Lipinski definition) is 3. The van der Waals surface area contributed by atoms with Crippen molar-refractivity contribution in [3.63, 3.8) is 0 Å². The second-order valence-electron chi connectivity index (χ2n) is 3.47. The van der Waals surface area contributed by atoms with Crippen LogP contribution >= 0.6 is 15.9 Å². The van der Waals surface area contributed by atoms with Gasteiger partial charge in [0.05, 0.1) is 12.0 Å². The Hall–Kier alpha value is -1.20. The molecule has 0 spiro atoms. The van der Waals surface area contributed by atoms with Crippen LogP contribution in [0, 0.1) is 0 Å². The Morgan fingerprint density at radius 3 is 2.94 bits per heavy atom. The van der Waals surface area contributed by atoms with E-state index in [0.717, 1.165) is 35.4 Å². The third kappa shape index (κ3) is 3.43. The van der Waals surface area contributed by atoms with Gasteiger partial charge in [-0.1, -0.05) is 0 Å². The van der Waals surface area contributed by atoms with Crippen molar-refractivity contribution in [2.45, 2.75) is 13.0 Å². The molecule has 2 aromatic heterocycles. The van der Waals surface area contributed by atoms with E-state index in [1.807, 2.05) is 24.5 Å². The van der Waals surface area contributed by atoms with Gasteiger partial charge in [-0.2, -0.15) is 0 Å². The highest BCUT2D eigenvalue weighted by Gasteiger charge is 1.96. The first kappa shape index (κ1) is 11.3. The summed E-state index contributed by atoms with van der Waals surface area (Å²) in [4.78, 5) is 11.3. The van der Waals surface area contributed by atoms with Crippen LogP contribution < -0.4 is 5.32 Å². The Balaban J connectivity index is 1.70. The number of aromatic nitrogens is 3. The quantitative estimate of drug-likeness (QED) is 0.823. The molecular formula is C11H13BrN4. The Bertz CT molecular complexity index is 410. The average Bonchev–Trinajstić information content (AvgIpc) is 2.80. The zero-order valence-corrected chi connectivity index (χ0v) is 10.4. The third-order valence-electron chi connectivity index (χ3n) is 2.22. The highest BCUT2D eigenvalue weighted by molar-refractivity contribution is 9.10. The molecule has 0 saturated heterocycles. The van der Waals surface area contributed by atoms with Crippen molar-refractivity contribution >= 4 is 15.9 Å². The molecule has 0 unspecified atom stereocenters. The fourth-order valence-electron chi connectivity index (χ4n) is 1.37. The van der Waals surface area contributed by atoms with Gasteiger partial charge in [-0.05, 0) is 28.1 Å². The molecule has 0 aliphatic heterocycles. The molecule has 84 valence electrons. The lowest BCUT2D eigenvalue weighted by atomic mass is 10.3. The summed E-state index contributed by atoms with van der Waals surface area (Å²) >= 11 is 3.36. The Morgan fingerprint density at radius 2 is 2.25 bits per heavy atom. The molecule has 0 aliphatic carbocycles. The van der Waals surface area contributed by atoms with Gasteiger partial charge in [-0.15, -0.1) is 0 Å². The van der Waals surface area contributed by atoms with Gasteiger partial charge in [0.2, 0.25) is 0 Å². The van der Waals surface area contributed by atoms with Crippen LogP contribution in [0.5, 0.6) is 0 Å². The largest absolute Gasteiger partial charge is 0.348 e. The van der Waals surface area contributed by atoms with Crippen LogP contribution in [0.3, 0.4) is 0 Å². The first-order valence-corrected chi connectivity index (χ1v) is 5.92. The average molecular weight is 281 g/mol. The number of aromatic amines is 1. The van der Waals surface area contributed by atoms with E-state index in [0.29, 0.717) is 0 Å². The molecule has 4 nitrogen and oxygen atoms in total. The van der Waals surface area contributed by atoms with Crippen molar-refractivity contribution in [1.82, 2.24) is 20.3 Å². The van der Waals surface area contributed by atoms with Gasteiger partial charge in [0.25, 0.3) is 0 Å². The lowest BCUT2D eigenvalue weighted by Crippen LogP contribution is -2.17. The van der Waals surface area contributed by atoms with Crippen LogP contribution in [0.25, 0.3) is 0 Å². The first-order valence-electron chi connectivity index (χ1n) is 5.13. The van der Waals surface area contributed by atoms with Crippen molar-refractivity contribution in [2.24, 2.45) is 0 Å². The molecular weight excluding hydrogens is 268 g/mol. The van der Waals surface area contributed by atoms with Gasteiger partial charge >= 0.3 is 0 Å². The first-order chi connectivity index (χ1) is 7.84. The molecule has 2 heterocycles. The van der Waals surface area contributed by atoms with Gasteiger partial charge < -0.3 is 10.3 Å². The van der Waals surface area contributed by atoms with Gasteiger partial charge in [0.1, 0.15) is 0 Å². The molecule has 2 N–H and O–H groups in total. The fourth-order valence-corrected chi connectivity index (χ4v) is 1.61. The fraction of sp³-hybridized carbons (Fsp3) is 0.273. The molecule has 0 saturated carbocycles. The monoisotopic (exact) mass is 280 g/mol. The molecule has 0 bridgehead atoms. The minimum atomic E-state index is 0.793. The maximum Gasteiger partial charge on any atom is 0.0921 e. The number of hydrogen-bond donors (Lipinski definition) is 2. The summed E-state index contributed by atoms with van der Waals surface area (Å²) in [7, 11) is 0. The van der Waals surface area contributed by atoms with E-state index >= 15 is 0 Å². The summed E-state index contributed by atoms with van der Waals surface area (Å²) in [5.74, 6) is 0. The molecule has 0 aliphatic rings. The predicted molar refractivity (Wildman–Crippen MR) is 65.9 cm³/mol. The number of H-pyrrole nitrogens is 1. The van der Waals surface area contributed by atoms with Gasteiger partial charge in [-0.25, -0.2) is 4.98 Å². The number of nitrogens with zero attached hydrogens (tertiary/aromatic N) is 2. The van der Waals surface area contributed by atoms with Crippen LogP contribution in [0.15, 0.2) is 35.3 Å². The number of rotatable bonds is 5. The minimum absolute atomic E-state index is 0.793. The molecule has 2 aromatic rings. The molecule has 5 heteroatoms. The van der Waals surface area contributed by atoms with Gasteiger partial charge in [0, 0.05) is 42.1 Å². The Labute approximate surface area is 103 Å². The van der Waals surface area contributed by atoms with Crippen LogP contribution in [-0.2, 0) is 13.0 Å². The summed E-state index contributed by atoms with van der Waals surface area (Å²) in [6, 6.07) is 4.01. The molecule has 0 radical (unpaired) electrons. The SMILES string of the molecule is Brc1ccc(CNCCc2cnc[nH]2)nc1. The molecule has 0 aromatic carbocycles. The predicted octanol–water partition coefficient (Wildman–Crippen LogP) is 1.90. The standard InChI is InChI=1S/C11H13BrN4/c12-9-1-2-10(15-5-9)6-13-4-3-11-7-14-8-16-11/h1-2,5,7-8,13H,3-4,6H2,(H,14,16). The molecule has 0 amide bonds. The van der Waals surface area contributed by atoms with Crippen LogP contribution in [0.2, 0.25) is 0 Å². The second kappa shape index (κ2) is 5.77. The van der Waals surface area contributed by atoms with Crippen LogP contribution in [0.4, 0.5) is 0 Å². The molecule has 16 heavy (non-hydrogen) atoms. The van der Waals surface area contributed by atoms with Crippen molar-refractivity contribution in [3.8, 4) is 0 Å². The summed E-state index contributed by atoms with van der Waals surface area (Å²) in [6.07, 6.45) is 6.31. The minimum Gasteiger partial charge on any atom is -0.348 e. The van der Waals surface area contributed by atoms with Crippen molar-refractivity contribution in [1.29, 1.82) is 0 Å². The maximum absolute atomic E-state index is 4.28. The van der Waals surface area contributed by atoms with Gasteiger partial charge in [-0.3, -0.25) is 4.98 Å². The topological polar surface area (TPSA) is 53.6 Å².